The van der Waals surface area contributed by atoms with Crippen LogP contribution in [-0.2, 0) is 28.5 Å². The van der Waals surface area contributed by atoms with Crippen molar-refractivity contribution in [2.75, 3.05) is 49.8 Å². The zero-order valence-corrected chi connectivity index (χ0v) is 30.8. The fourth-order valence-corrected chi connectivity index (χ4v) is 10.6. The molecule has 4 amide bonds. The average molecular weight is 743 g/mol. The molecular weight excluding hydrogens is 697 g/mol. The van der Waals surface area contributed by atoms with Gasteiger partial charge in [0.15, 0.2) is 8.87 Å². The Balaban J connectivity index is 1.28. The minimum absolute atomic E-state index is 0.0531. The van der Waals surface area contributed by atoms with Gasteiger partial charge in [0.2, 0.25) is 21.8 Å². The van der Waals surface area contributed by atoms with Gasteiger partial charge in [0, 0.05) is 73.1 Å². The molecule has 2 aromatic rings. The zero-order valence-electron chi connectivity index (χ0n) is 27.5. The van der Waals surface area contributed by atoms with Crippen LogP contribution in [0.3, 0.4) is 0 Å². The van der Waals surface area contributed by atoms with Crippen LogP contribution in [0.1, 0.15) is 44.9 Å². The van der Waals surface area contributed by atoms with Crippen LogP contribution < -0.4 is 30.9 Å². The molecule has 17 heteroatoms. The van der Waals surface area contributed by atoms with E-state index in [0.717, 1.165) is 42.3 Å². The van der Waals surface area contributed by atoms with Crippen molar-refractivity contribution in [1.82, 2.24) is 26.0 Å². The minimum atomic E-state index is -4.14. The third-order valence-corrected chi connectivity index (χ3v) is 13.9. The first-order valence-electron chi connectivity index (χ1n) is 16.0. The molecule has 0 unspecified atom stereocenters. The molecule has 2 saturated heterocycles. The maximum atomic E-state index is 13.7. The third kappa shape index (κ3) is 10.9. The van der Waals surface area contributed by atoms with Crippen molar-refractivity contribution in [3.8, 4) is 0 Å². The number of hydrogen-bond donors (Lipinski definition) is 5. The van der Waals surface area contributed by atoms with Crippen LogP contribution in [0.2, 0.25) is 0 Å². The number of thioether (sulfide) groups is 1. The summed E-state index contributed by atoms with van der Waals surface area (Å²) in [5.41, 5.74) is 0.854. The molecule has 2 heterocycles. The summed E-state index contributed by atoms with van der Waals surface area (Å²) in [6.07, 6.45) is 5.22. The van der Waals surface area contributed by atoms with E-state index in [2.05, 4.69) is 26.0 Å². The number of benzene rings is 2. The first-order chi connectivity index (χ1) is 22.7. The SMILES string of the molecule is CN(C)c1cccc2c(S(=O)(=O)N[C@H](CCCCNC(=O)CCCC[C@@H]3SC[C@H]4NC(=O)N[C@H]34)C(=O)NCCSS(C)(=O)=O)cccc12. The summed E-state index contributed by atoms with van der Waals surface area (Å²) in [5.74, 6) is 0.419. The Labute approximate surface area is 291 Å². The van der Waals surface area contributed by atoms with E-state index in [1.54, 1.807) is 18.2 Å². The molecule has 48 heavy (non-hydrogen) atoms. The highest BCUT2D eigenvalue weighted by atomic mass is 33.1. The Bertz CT molecular complexity index is 1670. The lowest BCUT2D eigenvalue weighted by Crippen LogP contribution is -2.47. The van der Waals surface area contributed by atoms with Crippen LogP contribution in [0.25, 0.3) is 10.8 Å². The summed E-state index contributed by atoms with van der Waals surface area (Å²) in [6.45, 7) is 0.443. The molecule has 266 valence electrons. The summed E-state index contributed by atoms with van der Waals surface area (Å²) < 4.78 is 52.9. The van der Waals surface area contributed by atoms with E-state index in [0.29, 0.717) is 47.2 Å². The summed E-state index contributed by atoms with van der Waals surface area (Å²) in [7, 11) is -2.97. The summed E-state index contributed by atoms with van der Waals surface area (Å²) in [4.78, 5) is 39.1. The van der Waals surface area contributed by atoms with Crippen molar-refractivity contribution in [2.24, 2.45) is 0 Å². The molecule has 2 fully saturated rings. The first-order valence-corrected chi connectivity index (χ1v) is 22.0. The molecule has 0 radical (unpaired) electrons. The van der Waals surface area contributed by atoms with Gasteiger partial charge in [0.1, 0.15) is 6.04 Å². The summed E-state index contributed by atoms with van der Waals surface area (Å²) in [6, 6.07) is 9.56. The van der Waals surface area contributed by atoms with Crippen molar-refractivity contribution >= 4 is 75.8 Å². The second-order valence-electron chi connectivity index (χ2n) is 12.2. The van der Waals surface area contributed by atoms with Crippen LogP contribution in [0, 0.1) is 0 Å². The van der Waals surface area contributed by atoms with Crippen LogP contribution in [0.5, 0.6) is 0 Å². The molecule has 13 nitrogen and oxygen atoms in total. The van der Waals surface area contributed by atoms with Gasteiger partial charge in [-0.3, -0.25) is 9.59 Å². The predicted octanol–water partition coefficient (Wildman–Crippen LogP) is 2.37. The Hall–Kier alpha value is -2.73. The van der Waals surface area contributed by atoms with Gasteiger partial charge in [0.25, 0.3) is 0 Å². The molecule has 2 aliphatic heterocycles. The first kappa shape index (κ1) is 38.1. The number of nitrogens with zero attached hydrogens (tertiary/aromatic N) is 1. The van der Waals surface area contributed by atoms with E-state index in [9.17, 15) is 31.2 Å². The van der Waals surface area contributed by atoms with Crippen molar-refractivity contribution in [1.29, 1.82) is 0 Å². The Morgan fingerprint density at radius 2 is 1.73 bits per heavy atom. The number of sulfonamides is 1. The van der Waals surface area contributed by atoms with E-state index in [-0.39, 0.29) is 47.6 Å². The van der Waals surface area contributed by atoms with Gasteiger partial charge in [-0.05, 0) is 55.0 Å². The molecule has 5 N–H and O–H groups in total. The highest BCUT2D eigenvalue weighted by Crippen LogP contribution is 2.33. The topological polar surface area (TPSA) is 183 Å². The number of anilines is 1. The number of amides is 4. The second kappa shape index (κ2) is 17.3. The normalized spacial score (nSPS) is 19.7. The average Bonchev–Trinajstić information content (AvgIpc) is 3.58. The molecule has 0 aliphatic carbocycles. The van der Waals surface area contributed by atoms with Gasteiger partial charge in [0.05, 0.1) is 17.0 Å². The number of carbonyl (C=O) groups excluding carboxylic acids is 3. The maximum absolute atomic E-state index is 13.7. The van der Waals surface area contributed by atoms with Crippen molar-refractivity contribution < 1.29 is 31.2 Å². The molecule has 2 aromatic carbocycles. The molecule has 0 bridgehead atoms. The lowest BCUT2D eigenvalue weighted by atomic mass is 10.0. The van der Waals surface area contributed by atoms with Gasteiger partial charge in [-0.2, -0.15) is 16.5 Å². The fraction of sp³-hybridized carbons (Fsp3) is 0.581. The predicted molar refractivity (Wildman–Crippen MR) is 194 cm³/mol. The smallest absolute Gasteiger partial charge is 0.315 e. The molecule has 0 spiro atoms. The van der Waals surface area contributed by atoms with Crippen LogP contribution in [0.15, 0.2) is 41.3 Å². The Morgan fingerprint density at radius 3 is 2.48 bits per heavy atom. The largest absolute Gasteiger partial charge is 0.377 e. The lowest BCUT2D eigenvalue weighted by molar-refractivity contribution is -0.123. The van der Waals surface area contributed by atoms with Crippen LogP contribution in [-0.4, -0.2) is 103 Å². The number of unbranched alkanes of at least 4 members (excludes halogenated alkanes) is 2. The quantitative estimate of drug-likeness (QED) is 0.0815. The van der Waals surface area contributed by atoms with E-state index in [4.69, 9.17) is 0 Å². The number of carbonyl (C=O) groups is 3. The standard InChI is InChI=1S/C31H46N6O7S4/c1-37(2)25-13-8-11-22-21(25)10-9-15-27(22)48(43,44)36-23(30(39)33-18-19-46-47(3,41)42)12-6-7-17-32-28(38)16-5-4-14-26-29-24(20-45-26)34-31(40)35-29/h8-11,13,15,23-24,26,29,36H,4-7,12,14,16-20H2,1-3H3,(H,32,38)(H,33,39)(H2,34,35,40)/t23-,24-,26+,29+/m1/s1. The van der Waals surface area contributed by atoms with E-state index in [1.807, 2.05) is 42.9 Å². The number of hydrogen-bond acceptors (Lipinski definition) is 10. The molecule has 2 aliphatic rings. The van der Waals surface area contributed by atoms with Gasteiger partial charge < -0.3 is 26.2 Å². The number of urea groups is 1. The Kier molecular flexibility index (Phi) is 13.7. The number of nitrogens with one attached hydrogen (secondary N) is 5. The van der Waals surface area contributed by atoms with Crippen molar-refractivity contribution in [3.63, 3.8) is 0 Å². The van der Waals surface area contributed by atoms with E-state index in [1.165, 1.54) is 6.07 Å². The third-order valence-electron chi connectivity index (χ3n) is 8.27. The van der Waals surface area contributed by atoms with Gasteiger partial charge >= 0.3 is 6.03 Å². The van der Waals surface area contributed by atoms with E-state index < -0.39 is 30.8 Å². The summed E-state index contributed by atoms with van der Waals surface area (Å²) >= 11 is 1.85. The Morgan fingerprint density at radius 1 is 0.979 bits per heavy atom. The van der Waals surface area contributed by atoms with Gasteiger partial charge in [-0.1, -0.05) is 30.7 Å². The molecule has 4 rings (SSSR count). The lowest BCUT2D eigenvalue weighted by Gasteiger charge is -2.20. The fourth-order valence-electron chi connectivity index (χ4n) is 5.94. The van der Waals surface area contributed by atoms with Crippen molar-refractivity contribution in [2.45, 2.75) is 73.2 Å². The molecular formula is C31H46N6O7S4. The van der Waals surface area contributed by atoms with Crippen molar-refractivity contribution in [3.05, 3.63) is 36.4 Å². The van der Waals surface area contributed by atoms with Gasteiger partial charge in [-0.15, -0.1) is 0 Å². The number of rotatable bonds is 19. The highest BCUT2D eigenvalue weighted by Gasteiger charge is 2.42. The van der Waals surface area contributed by atoms with Crippen LogP contribution >= 0.6 is 22.6 Å². The van der Waals surface area contributed by atoms with Crippen LogP contribution in [0.4, 0.5) is 10.5 Å². The summed E-state index contributed by atoms with van der Waals surface area (Å²) in [5, 5.41) is 13.1. The maximum Gasteiger partial charge on any atom is 0.315 e. The van der Waals surface area contributed by atoms with Gasteiger partial charge in [-0.25, -0.2) is 21.6 Å². The number of fused-ring (bicyclic) bond motifs is 2. The highest BCUT2D eigenvalue weighted by molar-refractivity contribution is 8.71. The minimum Gasteiger partial charge on any atom is -0.377 e. The van der Waals surface area contributed by atoms with E-state index >= 15 is 0 Å². The molecule has 0 aromatic heterocycles. The molecule has 0 saturated carbocycles. The zero-order chi connectivity index (χ0) is 34.9. The monoisotopic (exact) mass is 742 g/mol. The second-order valence-corrected chi connectivity index (χ2v) is 19.8. The molecule has 4 atom stereocenters.